The van der Waals surface area contributed by atoms with E-state index in [0.29, 0.717) is 37.4 Å². The molecule has 6 fully saturated rings. The zero-order chi connectivity index (χ0) is 31.4. The van der Waals surface area contributed by atoms with Crippen LogP contribution in [0.5, 0.6) is 5.75 Å². The van der Waals surface area contributed by atoms with Gasteiger partial charge in [0.05, 0.1) is 49.3 Å². The molecule has 244 valence electrons. The van der Waals surface area contributed by atoms with E-state index < -0.39 is 64.3 Å². The van der Waals surface area contributed by atoms with Crippen molar-refractivity contribution in [1.29, 1.82) is 0 Å². The Morgan fingerprint density at radius 2 is 1.66 bits per heavy atom. The fourth-order valence-electron chi connectivity index (χ4n) is 12.0. The van der Waals surface area contributed by atoms with Crippen LogP contribution in [0.2, 0.25) is 0 Å². The molecular weight excluding hydrogens is 570 g/mol. The summed E-state index contributed by atoms with van der Waals surface area (Å²) in [5.41, 5.74) is -3.92. The van der Waals surface area contributed by atoms with Gasteiger partial charge >= 0.3 is 5.97 Å². The zero-order valence-electron chi connectivity index (χ0n) is 26.5. The third kappa shape index (κ3) is 3.48. The number of rotatable bonds is 9. The molecule has 5 saturated carbocycles. The fourth-order valence-corrected chi connectivity index (χ4v) is 12.0. The summed E-state index contributed by atoms with van der Waals surface area (Å²) in [7, 11) is 8.13. The Hall–Kier alpha value is -1.83. The van der Waals surface area contributed by atoms with E-state index in [0.717, 1.165) is 0 Å². The van der Waals surface area contributed by atoms with Crippen LogP contribution in [0.4, 0.5) is 0 Å². The predicted molar refractivity (Wildman–Crippen MR) is 156 cm³/mol. The van der Waals surface area contributed by atoms with Crippen LogP contribution >= 0.6 is 0 Å². The van der Waals surface area contributed by atoms with Crippen LogP contribution in [0, 0.1) is 34.5 Å². The molecule has 44 heavy (non-hydrogen) atoms. The van der Waals surface area contributed by atoms with Gasteiger partial charge in [0, 0.05) is 82.5 Å². The second-order valence-corrected chi connectivity index (χ2v) is 14.2. The molecule has 5 aliphatic carbocycles. The first kappa shape index (κ1) is 30.8. The van der Waals surface area contributed by atoms with Gasteiger partial charge in [-0.25, -0.2) is 4.79 Å². The lowest BCUT2D eigenvalue weighted by Gasteiger charge is -2.70. The molecule has 1 aromatic rings. The number of ether oxygens (including phenoxy) is 6. The number of hydrogen-bond donors (Lipinski definition) is 3. The van der Waals surface area contributed by atoms with E-state index in [1.807, 2.05) is 0 Å². The Bertz CT molecular complexity index is 1280. The lowest BCUT2D eigenvalue weighted by Crippen LogP contribution is -2.79. The summed E-state index contributed by atoms with van der Waals surface area (Å²) in [6.07, 6.45) is -2.51. The van der Waals surface area contributed by atoms with Crippen molar-refractivity contribution in [2.24, 2.45) is 34.5 Å². The number of methoxy groups -OCH3 is 5. The van der Waals surface area contributed by atoms with Crippen molar-refractivity contribution in [2.45, 2.75) is 73.9 Å². The van der Waals surface area contributed by atoms with Gasteiger partial charge < -0.3 is 43.7 Å². The molecule has 11 nitrogen and oxygen atoms in total. The molecule has 7 rings (SSSR count). The molecule has 1 aliphatic heterocycles. The van der Waals surface area contributed by atoms with E-state index >= 15 is 0 Å². The maximum absolute atomic E-state index is 13.7. The molecule has 1 heterocycles. The molecule has 6 aliphatic rings. The summed E-state index contributed by atoms with van der Waals surface area (Å²) < 4.78 is 36.2. The maximum Gasteiger partial charge on any atom is 0.338 e. The van der Waals surface area contributed by atoms with Gasteiger partial charge in [-0.05, 0) is 43.1 Å². The number of nitrogens with zero attached hydrogens (tertiary/aromatic N) is 1. The minimum absolute atomic E-state index is 0.146. The number of likely N-dealkylation sites (tertiary alicyclic amines) is 1. The molecule has 0 radical (unpaired) electrons. The molecule has 11 heteroatoms. The molecular formula is C33H47NO10. The summed E-state index contributed by atoms with van der Waals surface area (Å²) in [5.74, 6) is -1.54. The predicted octanol–water partition coefficient (Wildman–Crippen LogP) is 1.12. The molecule has 1 aromatic carbocycles. The van der Waals surface area contributed by atoms with Crippen LogP contribution in [0.3, 0.4) is 0 Å². The van der Waals surface area contributed by atoms with Crippen LogP contribution in [-0.2, 0) is 23.7 Å². The number of benzene rings is 1. The standard InChI is InChI=1S/C33H47NO10/c1-7-34-15-30(16-39-2)20(35)12-21(41-4)33-19-13-31(37)22(42-5)14-32(38,24(27(33)34)25(43-6)26(30)33)23(19)28(31)44-29(36)17-8-10-18(40-3)11-9-17/h8-11,19-28,35,37-38H,7,12-16H2,1-6H3/t19-,20?,21+,22+,23-,24+,25+,26-,27-,28-,30+,31-,32-,33+/m1/s1. The smallest absolute Gasteiger partial charge is 0.338 e. The van der Waals surface area contributed by atoms with Crippen LogP contribution in [0.25, 0.3) is 0 Å². The second-order valence-electron chi connectivity index (χ2n) is 14.2. The SMILES string of the molecule is CCN1C[C@]2(COC)C(O)C[C@H](OC)[C@@]34[C@@H]5C[C@@]6(O)[C@@H](OC)C[C@@](O)([C@H]5[C@H]6OC(=O)c5ccc(OC)cc5)[C@@H]([C@H](OC)[C@H]23)[C@@H]14. The highest BCUT2D eigenvalue weighted by atomic mass is 16.6. The third-order valence-electron chi connectivity index (χ3n) is 13.1. The van der Waals surface area contributed by atoms with Crippen LogP contribution in [-0.4, -0.2) is 129 Å². The first-order valence-corrected chi connectivity index (χ1v) is 15.9. The number of piperidine rings is 1. The van der Waals surface area contributed by atoms with Gasteiger partial charge in [0.1, 0.15) is 17.5 Å². The van der Waals surface area contributed by atoms with Gasteiger partial charge in [0.2, 0.25) is 0 Å². The molecule has 1 spiro atoms. The Morgan fingerprint density at radius 1 is 0.955 bits per heavy atom. The number of carbonyl (C=O) groups excluding carboxylic acids is 1. The topological polar surface area (TPSA) is 136 Å². The average molecular weight is 618 g/mol. The Morgan fingerprint density at radius 3 is 2.25 bits per heavy atom. The Balaban J connectivity index is 1.42. The number of carbonyl (C=O) groups is 1. The fraction of sp³-hybridized carbons (Fsp3) is 0.788. The van der Waals surface area contributed by atoms with E-state index in [1.165, 1.54) is 7.11 Å². The van der Waals surface area contributed by atoms with E-state index in [2.05, 4.69) is 11.8 Å². The zero-order valence-corrected chi connectivity index (χ0v) is 26.5. The first-order chi connectivity index (χ1) is 21.1. The molecule has 3 N–H and O–H groups in total. The highest BCUT2D eigenvalue weighted by Gasteiger charge is 2.89. The Kier molecular flexibility index (Phi) is 7.24. The van der Waals surface area contributed by atoms with Crippen molar-refractivity contribution < 1.29 is 48.5 Å². The van der Waals surface area contributed by atoms with Crippen LogP contribution in [0.15, 0.2) is 24.3 Å². The molecule has 1 saturated heterocycles. The minimum atomic E-state index is -1.54. The van der Waals surface area contributed by atoms with Gasteiger partial charge in [0.25, 0.3) is 0 Å². The van der Waals surface area contributed by atoms with Gasteiger partial charge in [0.15, 0.2) is 0 Å². The van der Waals surface area contributed by atoms with Crippen molar-refractivity contribution in [2.75, 3.05) is 55.2 Å². The highest BCUT2D eigenvalue weighted by molar-refractivity contribution is 5.89. The maximum atomic E-state index is 13.7. The summed E-state index contributed by atoms with van der Waals surface area (Å²) in [6, 6.07) is 6.50. The highest BCUT2D eigenvalue weighted by Crippen LogP contribution is 2.80. The largest absolute Gasteiger partial charge is 0.497 e. The molecule has 7 bridgehead atoms. The number of aliphatic hydroxyl groups is 3. The first-order valence-electron chi connectivity index (χ1n) is 15.9. The summed E-state index contributed by atoms with van der Waals surface area (Å²) in [4.78, 5) is 16.1. The molecule has 0 amide bonds. The minimum Gasteiger partial charge on any atom is -0.497 e. The van der Waals surface area contributed by atoms with E-state index in [-0.39, 0.29) is 36.8 Å². The van der Waals surface area contributed by atoms with Crippen molar-refractivity contribution in [1.82, 2.24) is 4.90 Å². The quantitative estimate of drug-likeness (QED) is 0.344. The summed E-state index contributed by atoms with van der Waals surface area (Å²) >= 11 is 0. The van der Waals surface area contributed by atoms with Gasteiger partial charge in [-0.1, -0.05) is 6.92 Å². The van der Waals surface area contributed by atoms with Crippen molar-refractivity contribution >= 4 is 5.97 Å². The van der Waals surface area contributed by atoms with Gasteiger partial charge in [-0.2, -0.15) is 0 Å². The van der Waals surface area contributed by atoms with Crippen molar-refractivity contribution in [3.8, 4) is 5.75 Å². The molecule has 1 unspecified atom stereocenters. The lowest BCUT2D eigenvalue weighted by atomic mass is 9.42. The second kappa shape index (κ2) is 10.3. The third-order valence-corrected chi connectivity index (χ3v) is 13.1. The van der Waals surface area contributed by atoms with Gasteiger partial charge in [-0.3, -0.25) is 4.90 Å². The van der Waals surface area contributed by atoms with E-state index in [4.69, 9.17) is 28.4 Å². The number of fused-ring (bicyclic) bond motifs is 2. The van der Waals surface area contributed by atoms with Gasteiger partial charge in [-0.15, -0.1) is 0 Å². The van der Waals surface area contributed by atoms with E-state index in [9.17, 15) is 20.1 Å². The molecule has 14 atom stereocenters. The number of hydrogen-bond acceptors (Lipinski definition) is 11. The number of esters is 1. The van der Waals surface area contributed by atoms with Crippen LogP contribution in [0.1, 0.15) is 36.5 Å². The van der Waals surface area contributed by atoms with E-state index in [1.54, 1.807) is 52.7 Å². The summed E-state index contributed by atoms with van der Waals surface area (Å²) in [6.45, 7) is 3.73. The van der Waals surface area contributed by atoms with Crippen molar-refractivity contribution in [3.63, 3.8) is 0 Å². The monoisotopic (exact) mass is 617 g/mol. The van der Waals surface area contributed by atoms with Crippen LogP contribution < -0.4 is 4.74 Å². The average Bonchev–Trinajstić information content (AvgIpc) is 3.41. The lowest BCUT2D eigenvalue weighted by molar-refractivity contribution is -0.298. The number of aliphatic hydroxyl groups excluding tert-OH is 1. The van der Waals surface area contributed by atoms with Crippen molar-refractivity contribution in [3.05, 3.63) is 29.8 Å². The summed E-state index contributed by atoms with van der Waals surface area (Å²) in [5, 5.41) is 37.7. The Labute approximate surface area is 258 Å². The normalized spacial score (nSPS) is 50.0. The molecule has 0 aromatic heterocycles.